The van der Waals surface area contributed by atoms with E-state index in [1.54, 1.807) is 11.3 Å². The van der Waals surface area contributed by atoms with Gasteiger partial charge in [-0.05, 0) is 18.7 Å². The fourth-order valence-electron chi connectivity index (χ4n) is 1.64. The fraction of sp³-hybridized carbons (Fsp3) is 0.400. The minimum Gasteiger partial charge on any atom is -0.491 e. The number of nitrogens with zero attached hydrogens (tertiary/aromatic N) is 1. The van der Waals surface area contributed by atoms with E-state index in [-0.39, 0.29) is 0 Å². The van der Waals surface area contributed by atoms with Crippen molar-refractivity contribution >= 4 is 11.3 Å². The first-order chi connectivity index (χ1) is 9.88. The molecule has 1 N–H and O–H groups in total. The summed E-state index contributed by atoms with van der Waals surface area (Å²) >= 11 is 1.67. The zero-order valence-electron chi connectivity index (χ0n) is 11.7. The lowest BCUT2D eigenvalue weighted by molar-refractivity contribution is 0.0872. The summed E-state index contributed by atoms with van der Waals surface area (Å²) in [5, 5.41) is 6.41. The Hall–Kier alpha value is -1.43. The van der Waals surface area contributed by atoms with E-state index in [9.17, 15) is 0 Å². The maximum atomic E-state index is 5.56. The quantitative estimate of drug-likeness (QED) is 0.722. The van der Waals surface area contributed by atoms with Gasteiger partial charge in [0.2, 0.25) is 0 Å². The smallest absolute Gasteiger partial charge is 0.119 e. The van der Waals surface area contributed by atoms with Crippen LogP contribution in [-0.2, 0) is 17.9 Å². The number of aromatic nitrogens is 1. The van der Waals surface area contributed by atoms with Crippen molar-refractivity contribution in [2.24, 2.45) is 0 Å². The molecular formula is C15H20N2O2S. The van der Waals surface area contributed by atoms with Crippen molar-refractivity contribution in [3.05, 3.63) is 46.4 Å². The third kappa shape index (κ3) is 5.28. The number of nitrogens with one attached hydrogen (secondary N) is 1. The first-order valence-electron chi connectivity index (χ1n) is 6.78. The predicted octanol–water partition coefficient (Wildman–Crippen LogP) is 2.85. The van der Waals surface area contributed by atoms with Crippen LogP contribution in [0.3, 0.4) is 0 Å². The van der Waals surface area contributed by atoms with E-state index in [2.05, 4.69) is 17.2 Å². The minimum atomic E-state index is 0.542. The third-order valence-electron chi connectivity index (χ3n) is 2.62. The average Bonchev–Trinajstić information content (AvgIpc) is 2.94. The molecule has 0 spiro atoms. The molecule has 2 aromatic rings. The molecule has 0 radical (unpaired) electrons. The molecule has 1 aromatic heterocycles. The van der Waals surface area contributed by atoms with Crippen LogP contribution >= 0.6 is 11.3 Å². The van der Waals surface area contributed by atoms with Gasteiger partial charge in [-0.1, -0.05) is 25.1 Å². The molecule has 1 aromatic carbocycles. The fourth-order valence-corrected chi connectivity index (χ4v) is 2.39. The molecule has 5 heteroatoms. The second kappa shape index (κ2) is 8.68. The van der Waals surface area contributed by atoms with Gasteiger partial charge in [0.1, 0.15) is 17.4 Å². The van der Waals surface area contributed by atoms with Crippen LogP contribution in [0.1, 0.15) is 17.6 Å². The van der Waals surface area contributed by atoms with Gasteiger partial charge in [0, 0.05) is 11.9 Å². The predicted molar refractivity (Wildman–Crippen MR) is 81.1 cm³/mol. The maximum Gasteiger partial charge on any atom is 0.119 e. The number of benzene rings is 1. The van der Waals surface area contributed by atoms with E-state index >= 15 is 0 Å². The van der Waals surface area contributed by atoms with Gasteiger partial charge in [0.05, 0.1) is 18.9 Å². The van der Waals surface area contributed by atoms with Crippen LogP contribution in [0.2, 0.25) is 0 Å². The number of thiazole rings is 1. The van der Waals surface area contributed by atoms with Crippen LogP contribution in [0.5, 0.6) is 5.75 Å². The number of rotatable bonds is 9. The zero-order valence-corrected chi connectivity index (χ0v) is 12.5. The minimum absolute atomic E-state index is 0.542. The summed E-state index contributed by atoms with van der Waals surface area (Å²) in [6.07, 6.45) is 0. The Bertz CT molecular complexity index is 488. The molecule has 2 rings (SSSR count). The van der Waals surface area contributed by atoms with Crippen LogP contribution < -0.4 is 10.1 Å². The molecule has 0 amide bonds. The van der Waals surface area contributed by atoms with Gasteiger partial charge in [-0.3, -0.25) is 0 Å². The Kier molecular flexibility index (Phi) is 6.50. The molecule has 0 fully saturated rings. The normalized spacial score (nSPS) is 10.7. The van der Waals surface area contributed by atoms with Gasteiger partial charge in [-0.25, -0.2) is 4.98 Å². The molecule has 1 heterocycles. The largest absolute Gasteiger partial charge is 0.491 e. The molecule has 0 saturated carbocycles. The van der Waals surface area contributed by atoms with Crippen LogP contribution in [0.4, 0.5) is 0 Å². The van der Waals surface area contributed by atoms with Crippen molar-refractivity contribution in [2.45, 2.75) is 20.1 Å². The lowest BCUT2D eigenvalue weighted by Crippen LogP contribution is -2.11. The Balaban J connectivity index is 1.60. The molecule has 0 saturated heterocycles. The zero-order chi connectivity index (χ0) is 14.0. The van der Waals surface area contributed by atoms with E-state index in [1.165, 1.54) is 0 Å². The van der Waals surface area contributed by atoms with Crippen LogP contribution in [0.25, 0.3) is 0 Å². The number of hydrogen-bond donors (Lipinski definition) is 1. The third-order valence-corrected chi connectivity index (χ3v) is 3.51. The van der Waals surface area contributed by atoms with Gasteiger partial charge in [0.25, 0.3) is 0 Å². The van der Waals surface area contributed by atoms with E-state index in [4.69, 9.17) is 9.47 Å². The van der Waals surface area contributed by atoms with Crippen molar-refractivity contribution in [3.63, 3.8) is 0 Å². The molecular weight excluding hydrogens is 272 g/mol. The standard InChI is InChI=1S/C15H20N2O2S/c1-2-16-10-15-17-13(12-20-15)11-18-8-9-19-14-6-4-3-5-7-14/h3-7,12,16H,2,8-11H2,1H3. The molecule has 20 heavy (non-hydrogen) atoms. The molecule has 0 atom stereocenters. The van der Waals surface area contributed by atoms with Gasteiger partial charge in [-0.2, -0.15) is 0 Å². The van der Waals surface area contributed by atoms with Crippen LogP contribution in [0.15, 0.2) is 35.7 Å². The highest BCUT2D eigenvalue weighted by Crippen LogP contribution is 2.11. The number of ether oxygens (including phenoxy) is 2. The molecule has 0 aliphatic carbocycles. The van der Waals surface area contributed by atoms with Gasteiger partial charge in [-0.15, -0.1) is 11.3 Å². The summed E-state index contributed by atoms with van der Waals surface area (Å²) in [5.41, 5.74) is 0.989. The monoisotopic (exact) mass is 292 g/mol. The Labute approximate surface area is 123 Å². The van der Waals surface area contributed by atoms with Crippen molar-refractivity contribution in [1.29, 1.82) is 0 Å². The molecule has 0 unspecified atom stereocenters. The maximum absolute atomic E-state index is 5.56. The summed E-state index contributed by atoms with van der Waals surface area (Å²) in [6.45, 7) is 5.54. The first-order valence-corrected chi connectivity index (χ1v) is 7.66. The summed E-state index contributed by atoms with van der Waals surface area (Å²) in [7, 11) is 0. The summed E-state index contributed by atoms with van der Waals surface area (Å²) < 4.78 is 11.1. The highest BCUT2D eigenvalue weighted by Gasteiger charge is 2.01. The molecule has 0 aliphatic rings. The number of para-hydroxylation sites is 1. The second-order valence-electron chi connectivity index (χ2n) is 4.23. The van der Waals surface area contributed by atoms with E-state index in [1.807, 2.05) is 35.7 Å². The molecule has 0 aliphatic heterocycles. The highest BCUT2D eigenvalue weighted by atomic mass is 32.1. The summed E-state index contributed by atoms with van der Waals surface area (Å²) in [6, 6.07) is 9.76. The summed E-state index contributed by atoms with van der Waals surface area (Å²) in [4.78, 5) is 4.49. The van der Waals surface area contributed by atoms with Crippen molar-refractivity contribution in [3.8, 4) is 5.75 Å². The lowest BCUT2D eigenvalue weighted by Gasteiger charge is -2.05. The van der Waals surface area contributed by atoms with Gasteiger partial charge < -0.3 is 14.8 Å². The second-order valence-corrected chi connectivity index (χ2v) is 5.17. The lowest BCUT2D eigenvalue weighted by atomic mass is 10.3. The van der Waals surface area contributed by atoms with Crippen LogP contribution in [-0.4, -0.2) is 24.7 Å². The highest BCUT2D eigenvalue weighted by molar-refractivity contribution is 7.09. The molecule has 108 valence electrons. The summed E-state index contributed by atoms with van der Waals surface area (Å²) in [5.74, 6) is 0.873. The Morgan fingerprint density at radius 1 is 1.20 bits per heavy atom. The Morgan fingerprint density at radius 3 is 2.85 bits per heavy atom. The van der Waals surface area contributed by atoms with Crippen molar-refractivity contribution < 1.29 is 9.47 Å². The van der Waals surface area contributed by atoms with Gasteiger partial charge in [0.15, 0.2) is 0 Å². The van der Waals surface area contributed by atoms with Gasteiger partial charge >= 0.3 is 0 Å². The Morgan fingerprint density at radius 2 is 2.05 bits per heavy atom. The van der Waals surface area contributed by atoms with E-state index in [0.717, 1.165) is 29.5 Å². The molecule has 0 bridgehead atoms. The topological polar surface area (TPSA) is 43.4 Å². The van der Waals surface area contributed by atoms with E-state index in [0.29, 0.717) is 19.8 Å². The molecule has 4 nitrogen and oxygen atoms in total. The average molecular weight is 292 g/mol. The van der Waals surface area contributed by atoms with Crippen molar-refractivity contribution in [2.75, 3.05) is 19.8 Å². The first kappa shape index (κ1) is 15.0. The SMILES string of the molecule is CCNCc1nc(COCCOc2ccccc2)cs1. The van der Waals surface area contributed by atoms with Crippen LogP contribution in [0, 0.1) is 0 Å². The van der Waals surface area contributed by atoms with Crippen molar-refractivity contribution in [1.82, 2.24) is 10.3 Å². The number of hydrogen-bond acceptors (Lipinski definition) is 5. The van der Waals surface area contributed by atoms with E-state index < -0.39 is 0 Å².